The molecular formula is C16H11Cl4NOS. The van der Waals surface area contributed by atoms with Crippen molar-refractivity contribution >= 4 is 64.1 Å². The fourth-order valence-corrected chi connectivity index (χ4v) is 4.81. The molecule has 0 spiro atoms. The second-order valence-electron chi connectivity index (χ2n) is 5.01. The highest BCUT2D eigenvalue weighted by Gasteiger charge is 2.33. The van der Waals surface area contributed by atoms with E-state index in [1.807, 2.05) is 6.07 Å². The smallest absolute Gasteiger partial charge is 0.256 e. The first kappa shape index (κ1) is 17.2. The Morgan fingerprint density at radius 2 is 1.65 bits per heavy atom. The van der Waals surface area contributed by atoms with Gasteiger partial charge in [0, 0.05) is 32.9 Å². The quantitative estimate of drug-likeness (QED) is 0.592. The van der Waals surface area contributed by atoms with Gasteiger partial charge in [0.1, 0.15) is 5.37 Å². The summed E-state index contributed by atoms with van der Waals surface area (Å²) in [5.74, 6) is 0.702. The van der Waals surface area contributed by atoms with Crippen molar-refractivity contribution in [3.63, 3.8) is 0 Å². The second kappa shape index (κ2) is 7.12. The van der Waals surface area contributed by atoms with Crippen molar-refractivity contribution < 1.29 is 4.79 Å². The zero-order chi connectivity index (χ0) is 16.6. The molecule has 23 heavy (non-hydrogen) atoms. The minimum Gasteiger partial charge on any atom is -0.322 e. The third kappa shape index (κ3) is 3.59. The van der Waals surface area contributed by atoms with E-state index in [-0.39, 0.29) is 11.3 Å². The summed E-state index contributed by atoms with van der Waals surface area (Å²) in [7, 11) is 0. The van der Waals surface area contributed by atoms with Gasteiger partial charge in [0.2, 0.25) is 0 Å². The van der Waals surface area contributed by atoms with Gasteiger partial charge in [-0.05, 0) is 30.3 Å². The molecule has 3 rings (SSSR count). The minimum atomic E-state index is -0.154. The van der Waals surface area contributed by atoms with Crippen molar-refractivity contribution in [1.29, 1.82) is 0 Å². The van der Waals surface area contributed by atoms with Gasteiger partial charge < -0.3 is 4.90 Å². The molecule has 2 aromatic carbocycles. The number of hydrogen-bond donors (Lipinski definition) is 0. The van der Waals surface area contributed by atoms with Gasteiger partial charge >= 0.3 is 0 Å². The van der Waals surface area contributed by atoms with Crippen LogP contribution in [0.3, 0.4) is 0 Å². The van der Waals surface area contributed by atoms with Crippen LogP contribution in [0.5, 0.6) is 0 Å². The van der Waals surface area contributed by atoms with Gasteiger partial charge in [-0.2, -0.15) is 0 Å². The lowest BCUT2D eigenvalue weighted by atomic mass is 10.1. The average Bonchev–Trinajstić information content (AvgIpc) is 2.95. The van der Waals surface area contributed by atoms with Gasteiger partial charge in [-0.3, -0.25) is 4.79 Å². The molecule has 7 heteroatoms. The summed E-state index contributed by atoms with van der Waals surface area (Å²) in [6, 6.07) is 10.2. The maximum Gasteiger partial charge on any atom is 0.256 e. The summed E-state index contributed by atoms with van der Waals surface area (Å²) in [5.41, 5.74) is 1.31. The van der Waals surface area contributed by atoms with E-state index < -0.39 is 0 Å². The van der Waals surface area contributed by atoms with E-state index in [2.05, 4.69) is 0 Å². The van der Waals surface area contributed by atoms with Crippen LogP contribution in [0.4, 0.5) is 0 Å². The van der Waals surface area contributed by atoms with Gasteiger partial charge in [0.05, 0.1) is 10.6 Å². The van der Waals surface area contributed by atoms with E-state index in [9.17, 15) is 4.79 Å². The lowest BCUT2D eigenvalue weighted by Gasteiger charge is -2.25. The fourth-order valence-electron chi connectivity index (χ4n) is 2.46. The molecule has 0 aliphatic carbocycles. The first-order valence-corrected chi connectivity index (χ1v) is 9.36. The fraction of sp³-hybridized carbons (Fsp3) is 0.188. The summed E-state index contributed by atoms with van der Waals surface area (Å²) in [6.45, 7) is 0.631. The molecule has 0 aromatic heterocycles. The Hall–Kier alpha value is -0.580. The average molecular weight is 407 g/mol. The minimum absolute atomic E-state index is 0.132. The van der Waals surface area contributed by atoms with Gasteiger partial charge in [-0.1, -0.05) is 52.5 Å². The number of nitrogens with zero attached hydrogens (tertiary/aromatic N) is 1. The van der Waals surface area contributed by atoms with Crippen LogP contribution >= 0.6 is 58.2 Å². The Kier molecular flexibility index (Phi) is 5.34. The molecule has 120 valence electrons. The summed E-state index contributed by atoms with van der Waals surface area (Å²) in [4.78, 5) is 14.6. The molecule has 0 saturated carbocycles. The van der Waals surface area contributed by atoms with E-state index >= 15 is 0 Å². The number of benzene rings is 2. The first-order chi connectivity index (χ1) is 11.0. The molecular weight excluding hydrogens is 396 g/mol. The van der Waals surface area contributed by atoms with Gasteiger partial charge in [-0.15, -0.1) is 11.8 Å². The Balaban J connectivity index is 1.93. The van der Waals surface area contributed by atoms with E-state index in [1.54, 1.807) is 47.0 Å². The highest BCUT2D eigenvalue weighted by molar-refractivity contribution is 7.99. The van der Waals surface area contributed by atoms with Crippen molar-refractivity contribution in [2.75, 3.05) is 12.3 Å². The first-order valence-electron chi connectivity index (χ1n) is 6.80. The number of halogens is 4. The second-order valence-corrected chi connectivity index (χ2v) is 7.89. The molecule has 2 nitrogen and oxygen atoms in total. The topological polar surface area (TPSA) is 20.3 Å². The molecule has 1 unspecified atom stereocenters. The van der Waals surface area contributed by atoms with E-state index in [0.717, 1.165) is 11.3 Å². The van der Waals surface area contributed by atoms with Crippen molar-refractivity contribution in [2.24, 2.45) is 0 Å². The van der Waals surface area contributed by atoms with Crippen molar-refractivity contribution in [3.05, 3.63) is 67.6 Å². The van der Waals surface area contributed by atoms with Crippen LogP contribution in [-0.4, -0.2) is 23.1 Å². The van der Waals surface area contributed by atoms with Crippen LogP contribution in [0.15, 0.2) is 36.4 Å². The van der Waals surface area contributed by atoms with Crippen molar-refractivity contribution in [1.82, 2.24) is 4.90 Å². The number of hydrogen-bond acceptors (Lipinski definition) is 2. The third-order valence-corrected chi connectivity index (χ3v) is 5.89. The van der Waals surface area contributed by atoms with E-state index in [0.29, 0.717) is 32.2 Å². The maximum absolute atomic E-state index is 12.9. The standard InChI is InChI=1S/C16H11Cl4NOS/c17-9-1-3-11(13(19)7-9)15(22)21-5-6-23-16(21)12-4-2-10(18)8-14(12)20/h1-4,7-8,16H,5-6H2. The number of thioether (sulfide) groups is 1. The monoisotopic (exact) mass is 405 g/mol. The predicted octanol–water partition coefficient (Wildman–Crippen LogP) is 6.19. The summed E-state index contributed by atoms with van der Waals surface area (Å²) in [6.07, 6.45) is 0. The number of carbonyl (C=O) groups excluding carboxylic acids is 1. The molecule has 0 N–H and O–H groups in total. The molecule has 1 atom stereocenters. The Morgan fingerprint density at radius 3 is 2.30 bits per heavy atom. The van der Waals surface area contributed by atoms with E-state index in [1.165, 1.54) is 0 Å². The highest BCUT2D eigenvalue weighted by atomic mass is 35.5. The van der Waals surface area contributed by atoms with Crippen LogP contribution in [0.2, 0.25) is 20.1 Å². The van der Waals surface area contributed by atoms with Crippen LogP contribution in [0, 0.1) is 0 Å². The Bertz CT molecular complexity index is 768. The van der Waals surface area contributed by atoms with Crippen molar-refractivity contribution in [2.45, 2.75) is 5.37 Å². The number of carbonyl (C=O) groups is 1. The molecule has 1 saturated heterocycles. The van der Waals surface area contributed by atoms with Crippen LogP contribution in [-0.2, 0) is 0 Å². The Labute approximate surface area is 158 Å². The lowest BCUT2D eigenvalue weighted by molar-refractivity contribution is 0.0760. The van der Waals surface area contributed by atoms with Crippen LogP contribution < -0.4 is 0 Å². The van der Waals surface area contributed by atoms with E-state index in [4.69, 9.17) is 46.4 Å². The molecule has 1 fully saturated rings. The Morgan fingerprint density at radius 1 is 1.00 bits per heavy atom. The van der Waals surface area contributed by atoms with Crippen molar-refractivity contribution in [3.8, 4) is 0 Å². The zero-order valence-electron chi connectivity index (χ0n) is 11.7. The zero-order valence-corrected chi connectivity index (χ0v) is 15.6. The normalized spacial score (nSPS) is 17.6. The molecule has 2 aromatic rings. The third-order valence-electron chi connectivity index (χ3n) is 3.54. The molecule has 1 heterocycles. The summed E-state index contributed by atoms with van der Waals surface area (Å²) >= 11 is 26.0. The molecule has 0 bridgehead atoms. The molecule has 1 amide bonds. The van der Waals surface area contributed by atoms with Crippen LogP contribution in [0.1, 0.15) is 21.3 Å². The highest BCUT2D eigenvalue weighted by Crippen LogP contribution is 2.42. The SMILES string of the molecule is O=C(c1ccc(Cl)cc1Cl)N1CCSC1c1ccc(Cl)cc1Cl. The van der Waals surface area contributed by atoms with Gasteiger partial charge in [0.25, 0.3) is 5.91 Å². The molecule has 1 aliphatic heterocycles. The number of amides is 1. The predicted molar refractivity (Wildman–Crippen MR) is 99.2 cm³/mol. The largest absolute Gasteiger partial charge is 0.322 e. The number of rotatable bonds is 2. The summed E-state index contributed by atoms with van der Waals surface area (Å²) < 4.78 is 0. The van der Waals surface area contributed by atoms with Gasteiger partial charge in [0.15, 0.2) is 0 Å². The van der Waals surface area contributed by atoms with Gasteiger partial charge in [-0.25, -0.2) is 0 Å². The molecule has 0 radical (unpaired) electrons. The maximum atomic E-state index is 12.9. The molecule has 1 aliphatic rings. The lowest BCUT2D eigenvalue weighted by Crippen LogP contribution is -2.30. The van der Waals surface area contributed by atoms with Crippen LogP contribution in [0.25, 0.3) is 0 Å². The summed E-state index contributed by atoms with van der Waals surface area (Å²) in [5, 5.41) is 1.82.